The Kier molecular flexibility index (Phi) is 3.98. The van der Waals surface area contributed by atoms with E-state index in [1.54, 1.807) is 0 Å². The molecule has 4 nitrogen and oxygen atoms in total. The summed E-state index contributed by atoms with van der Waals surface area (Å²) in [6.45, 7) is 2.00. The Morgan fingerprint density at radius 3 is 2.58 bits per heavy atom. The van der Waals surface area contributed by atoms with Crippen LogP contribution in [0.2, 0.25) is 0 Å². The number of rotatable bonds is 3. The normalized spacial score (nSPS) is 22.5. The number of aliphatic hydroxyl groups is 1. The van der Waals surface area contributed by atoms with Crippen molar-refractivity contribution in [3.8, 4) is 0 Å². The molecule has 0 saturated carbocycles. The lowest BCUT2D eigenvalue weighted by molar-refractivity contribution is 0.0858. The average molecular weight is 322 g/mol. The molecule has 2 aliphatic rings. The number of anilines is 1. The van der Waals surface area contributed by atoms with Crippen LogP contribution < -0.4 is 10.2 Å². The van der Waals surface area contributed by atoms with Crippen molar-refractivity contribution in [3.05, 3.63) is 65.2 Å². The van der Waals surface area contributed by atoms with Crippen molar-refractivity contribution < 1.29 is 9.90 Å². The highest BCUT2D eigenvalue weighted by atomic mass is 16.3. The number of carbonyl (C=O) groups excluding carboxylic acids is 1. The molecule has 0 unspecified atom stereocenters. The van der Waals surface area contributed by atoms with Crippen LogP contribution in [0.1, 0.15) is 40.4 Å². The molecule has 0 spiro atoms. The van der Waals surface area contributed by atoms with E-state index in [2.05, 4.69) is 10.2 Å². The van der Waals surface area contributed by atoms with Gasteiger partial charge >= 0.3 is 0 Å². The largest absolute Gasteiger partial charge is 0.390 e. The zero-order valence-electron chi connectivity index (χ0n) is 13.6. The summed E-state index contributed by atoms with van der Waals surface area (Å²) in [5, 5.41) is 13.4. The van der Waals surface area contributed by atoms with E-state index in [0.29, 0.717) is 12.0 Å². The van der Waals surface area contributed by atoms with E-state index in [0.717, 1.165) is 29.9 Å². The Morgan fingerprint density at radius 1 is 1.04 bits per heavy atom. The van der Waals surface area contributed by atoms with Crippen molar-refractivity contribution in [1.29, 1.82) is 0 Å². The maximum atomic E-state index is 12.9. The Labute approximate surface area is 142 Å². The molecule has 1 aliphatic carbocycles. The Morgan fingerprint density at radius 2 is 1.75 bits per heavy atom. The molecular weight excluding hydrogens is 300 g/mol. The third-order valence-corrected chi connectivity index (χ3v) is 5.09. The number of nitrogens with zero attached hydrogens (tertiary/aromatic N) is 1. The van der Waals surface area contributed by atoms with Crippen molar-refractivity contribution in [2.24, 2.45) is 0 Å². The molecule has 1 fully saturated rings. The van der Waals surface area contributed by atoms with Gasteiger partial charge in [-0.05, 0) is 36.1 Å². The minimum absolute atomic E-state index is 0.113. The van der Waals surface area contributed by atoms with Gasteiger partial charge in [0.1, 0.15) is 0 Å². The van der Waals surface area contributed by atoms with Crippen molar-refractivity contribution in [2.45, 2.75) is 31.4 Å². The van der Waals surface area contributed by atoms with Gasteiger partial charge < -0.3 is 15.3 Å². The quantitative estimate of drug-likeness (QED) is 0.913. The standard InChI is InChI=1S/C20H22N2O2/c23-18-13-14-7-1-2-8-15(14)19(18)21-20(24)16-9-3-4-10-17(16)22-11-5-6-12-22/h1-4,7-10,18-19,23H,5-6,11-13H2,(H,21,24)/t18-,19+/m1/s1. The lowest BCUT2D eigenvalue weighted by atomic mass is 10.1. The van der Waals surface area contributed by atoms with Crippen LogP contribution in [0.3, 0.4) is 0 Å². The molecule has 0 aromatic heterocycles. The van der Waals surface area contributed by atoms with E-state index in [1.165, 1.54) is 12.8 Å². The van der Waals surface area contributed by atoms with Crippen molar-refractivity contribution >= 4 is 11.6 Å². The third-order valence-electron chi connectivity index (χ3n) is 5.09. The minimum atomic E-state index is -0.565. The second-order valence-corrected chi connectivity index (χ2v) is 6.63. The van der Waals surface area contributed by atoms with Gasteiger partial charge in [-0.3, -0.25) is 4.79 Å². The number of aliphatic hydroxyl groups excluding tert-OH is 1. The van der Waals surface area contributed by atoms with Crippen molar-refractivity contribution in [2.75, 3.05) is 18.0 Å². The Bertz CT molecular complexity index is 753. The summed E-state index contributed by atoms with van der Waals surface area (Å²) in [7, 11) is 0. The number of hydrogen-bond acceptors (Lipinski definition) is 3. The minimum Gasteiger partial charge on any atom is -0.390 e. The molecule has 2 atom stereocenters. The molecule has 2 aromatic carbocycles. The molecule has 0 bridgehead atoms. The summed E-state index contributed by atoms with van der Waals surface area (Å²) in [6.07, 6.45) is 2.37. The summed E-state index contributed by atoms with van der Waals surface area (Å²) >= 11 is 0. The van der Waals surface area contributed by atoms with Crippen LogP contribution >= 0.6 is 0 Å². The van der Waals surface area contributed by atoms with Crippen LogP contribution in [0.5, 0.6) is 0 Å². The molecule has 4 rings (SSSR count). The maximum absolute atomic E-state index is 12.9. The van der Waals surface area contributed by atoms with Crippen LogP contribution in [0, 0.1) is 0 Å². The lowest BCUT2D eigenvalue weighted by Crippen LogP contribution is -2.35. The smallest absolute Gasteiger partial charge is 0.253 e. The Balaban J connectivity index is 1.59. The van der Waals surface area contributed by atoms with Gasteiger partial charge in [-0.25, -0.2) is 0 Å². The van der Waals surface area contributed by atoms with E-state index < -0.39 is 6.10 Å². The van der Waals surface area contributed by atoms with Gasteiger partial charge in [-0.1, -0.05) is 36.4 Å². The van der Waals surface area contributed by atoms with Crippen LogP contribution in [0.25, 0.3) is 0 Å². The van der Waals surface area contributed by atoms with Crippen molar-refractivity contribution in [3.63, 3.8) is 0 Å². The first-order valence-electron chi connectivity index (χ1n) is 8.65. The number of benzene rings is 2. The summed E-state index contributed by atoms with van der Waals surface area (Å²) in [5.41, 5.74) is 3.82. The topological polar surface area (TPSA) is 52.6 Å². The fourth-order valence-corrected chi connectivity index (χ4v) is 3.87. The zero-order valence-corrected chi connectivity index (χ0v) is 13.6. The molecule has 0 radical (unpaired) electrons. The van der Waals surface area contributed by atoms with E-state index in [4.69, 9.17) is 0 Å². The molecule has 1 saturated heterocycles. The first-order chi connectivity index (χ1) is 11.7. The van der Waals surface area contributed by atoms with Crippen molar-refractivity contribution in [1.82, 2.24) is 5.32 Å². The fraction of sp³-hybridized carbons (Fsp3) is 0.350. The average Bonchev–Trinajstić information content (AvgIpc) is 3.24. The summed E-state index contributed by atoms with van der Waals surface area (Å²) in [6, 6.07) is 15.4. The molecule has 1 amide bonds. The number of amides is 1. The van der Waals surface area contributed by atoms with Crippen LogP contribution in [-0.2, 0) is 6.42 Å². The van der Waals surface area contributed by atoms with Gasteiger partial charge in [-0.2, -0.15) is 0 Å². The first kappa shape index (κ1) is 15.2. The van der Waals surface area contributed by atoms with Crippen LogP contribution in [0.15, 0.2) is 48.5 Å². The van der Waals surface area contributed by atoms with Gasteiger partial charge in [0.25, 0.3) is 5.91 Å². The molecule has 2 aromatic rings. The van der Waals surface area contributed by atoms with E-state index in [1.807, 2.05) is 48.5 Å². The number of para-hydroxylation sites is 1. The fourth-order valence-electron chi connectivity index (χ4n) is 3.87. The number of hydrogen-bond donors (Lipinski definition) is 2. The van der Waals surface area contributed by atoms with Gasteiger partial charge in [0.2, 0.25) is 0 Å². The maximum Gasteiger partial charge on any atom is 0.253 e. The SMILES string of the molecule is O=C(N[C@H]1c2ccccc2C[C@H]1O)c1ccccc1N1CCCC1. The molecule has 4 heteroatoms. The Hall–Kier alpha value is -2.33. The predicted octanol–water partition coefficient (Wildman–Crippen LogP) is 2.67. The van der Waals surface area contributed by atoms with Gasteiger partial charge in [0, 0.05) is 25.2 Å². The van der Waals surface area contributed by atoms with Crippen LogP contribution in [-0.4, -0.2) is 30.2 Å². The van der Waals surface area contributed by atoms with Gasteiger partial charge in [-0.15, -0.1) is 0 Å². The van der Waals surface area contributed by atoms with E-state index in [-0.39, 0.29) is 11.9 Å². The summed E-state index contributed by atoms with van der Waals surface area (Å²) in [4.78, 5) is 15.2. The number of fused-ring (bicyclic) bond motifs is 1. The molecule has 2 N–H and O–H groups in total. The summed E-state index contributed by atoms with van der Waals surface area (Å²) in [5.74, 6) is -0.113. The number of nitrogens with one attached hydrogen (secondary N) is 1. The molecule has 24 heavy (non-hydrogen) atoms. The zero-order chi connectivity index (χ0) is 16.5. The summed E-state index contributed by atoms with van der Waals surface area (Å²) < 4.78 is 0. The second kappa shape index (κ2) is 6.29. The molecule has 1 aliphatic heterocycles. The van der Waals surface area contributed by atoms with Crippen LogP contribution in [0.4, 0.5) is 5.69 Å². The van der Waals surface area contributed by atoms with E-state index in [9.17, 15) is 9.90 Å². The predicted molar refractivity (Wildman–Crippen MR) is 94.2 cm³/mol. The highest BCUT2D eigenvalue weighted by Crippen LogP contribution is 2.32. The highest BCUT2D eigenvalue weighted by molar-refractivity contribution is 6.00. The highest BCUT2D eigenvalue weighted by Gasteiger charge is 2.32. The first-order valence-corrected chi connectivity index (χ1v) is 8.65. The molecular formula is C20H22N2O2. The number of carbonyl (C=O) groups is 1. The van der Waals surface area contributed by atoms with Gasteiger partial charge in [0.05, 0.1) is 17.7 Å². The lowest BCUT2D eigenvalue weighted by Gasteiger charge is -2.23. The van der Waals surface area contributed by atoms with Gasteiger partial charge in [0.15, 0.2) is 0 Å². The monoisotopic (exact) mass is 322 g/mol. The van der Waals surface area contributed by atoms with E-state index >= 15 is 0 Å². The third kappa shape index (κ3) is 2.67. The molecule has 1 heterocycles. The second-order valence-electron chi connectivity index (χ2n) is 6.63. The molecule has 124 valence electrons.